The molecule has 1 saturated heterocycles. The van der Waals surface area contributed by atoms with Crippen LogP contribution in [0.15, 0.2) is 48.7 Å². The summed E-state index contributed by atoms with van der Waals surface area (Å²) in [6, 6.07) is 12.0. The largest absolute Gasteiger partial charge is 0.451 e. The Bertz CT molecular complexity index is 1660. The number of fused-ring (bicyclic) bond motifs is 1. The van der Waals surface area contributed by atoms with Crippen molar-refractivity contribution in [2.24, 2.45) is 0 Å². The van der Waals surface area contributed by atoms with Crippen molar-refractivity contribution in [1.29, 1.82) is 0 Å². The van der Waals surface area contributed by atoms with Crippen molar-refractivity contribution in [3.8, 4) is 22.9 Å². The van der Waals surface area contributed by atoms with E-state index in [2.05, 4.69) is 20.0 Å². The number of H-pyrrole nitrogens is 1. The number of likely N-dealkylation sites (tertiary alicyclic amines) is 1. The molecule has 1 N–H and O–H groups in total. The first kappa shape index (κ1) is 30.3. The van der Waals surface area contributed by atoms with Crippen LogP contribution < -0.4 is 9.47 Å². The number of alkyl halides is 3. The predicted molar refractivity (Wildman–Crippen MR) is 154 cm³/mol. The van der Waals surface area contributed by atoms with E-state index in [0.717, 1.165) is 42.8 Å². The number of nitrogens with zero attached hydrogens (tertiary/aromatic N) is 4. The molecule has 44 heavy (non-hydrogen) atoms. The van der Waals surface area contributed by atoms with Gasteiger partial charge in [-0.25, -0.2) is 9.37 Å². The van der Waals surface area contributed by atoms with Crippen LogP contribution in [0.2, 0.25) is 5.02 Å². The van der Waals surface area contributed by atoms with Crippen LogP contribution in [0.4, 0.5) is 17.6 Å². The van der Waals surface area contributed by atoms with E-state index in [1.165, 1.54) is 12.3 Å². The smallest absolute Gasteiger partial charge is 0.444 e. The molecule has 0 unspecified atom stereocenters. The molecule has 8 nitrogen and oxygen atoms in total. The van der Waals surface area contributed by atoms with Crippen LogP contribution in [0.1, 0.15) is 53.9 Å². The fourth-order valence-corrected chi connectivity index (χ4v) is 5.96. The average molecular weight is 632 g/mol. The third-order valence-electron chi connectivity index (χ3n) is 8.08. The number of aromatic amines is 1. The van der Waals surface area contributed by atoms with Gasteiger partial charge in [0.2, 0.25) is 5.82 Å². The summed E-state index contributed by atoms with van der Waals surface area (Å²) in [5, 5.41) is 5.98. The molecule has 0 bridgehead atoms. The summed E-state index contributed by atoms with van der Waals surface area (Å²) in [7, 11) is 1.59. The fourth-order valence-electron chi connectivity index (χ4n) is 5.80. The van der Waals surface area contributed by atoms with Gasteiger partial charge in [0.1, 0.15) is 5.82 Å². The molecule has 2 aromatic heterocycles. The lowest BCUT2D eigenvalue weighted by molar-refractivity contribution is -0.144. The van der Waals surface area contributed by atoms with Crippen molar-refractivity contribution in [2.45, 2.75) is 50.6 Å². The normalized spacial score (nSPS) is 19.1. The Kier molecular flexibility index (Phi) is 8.25. The lowest BCUT2D eigenvalue weighted by Gasteiger charge is -2.33. The highest BCUT2D eigenvalue weighted by molar-refractivity contribution is 6.30. The number of halogens is 5. The molecule has 0 aliphatic carbocycles. The molecule has 0 saturated carbocycles. The van der Waals surface area contributed by atoms with Gasteiger partial charge in [0.15, 0.2) is 17.3 Å². The molecule has 1 fully saturated rings. The van der Waals surface area contributed by atoms with E-state index in [9.17, 15) is 17.6 Å². The second-order valence-corrected chi connectivity index (χ2v) is 11.5. The van der Waals surface area contributed by atoms with E-state index in [1.807, 2.05) is 23.3 Å². The van der Waals surface area contributed by atoms with E-state index < -0.39 is 23.6 Å². The Hall–Kier alpha value is -3.74. The minimum atomic E-state index is -4.61. The average Bonchev–Trinajstić information content (AvgIpc) is 3.62. The van der Waals surface area contributed by atoms with Crippen molar-refractivity contribution < 1.29 is 31.8 Å². The highest BCUT2D eigenvalue weighted by atomic mass is 35.5. The van der Waals surface area contributed by atoms with Gasteiger partial charge < -0.3 is 14.2 Å². The number of methoxy groups -OCH3 is 1. The zero-order valence-corrected chi connectivity index (χ0v) is 24.8. The van der Waals surface area contributed by atoms with E-state index in [1.54, 1.807) is 32.2 Å². The van der Waals surface area contributed by atoms with Gasteiger partial charge in [0.25, 0.3) is 5.79 Å². The zero-order valence-electron chi connectivity index (χ0n) is 24.0. The fraction of sp³-hybridized carbons (Fsp3) is 0.387. The van der Waals surface area contributed by atoms with Gasteiger partial charge in [-0.2, -0.15) is 18.3 Å². The summed E-state index contributed by atoms with van der Waals surface area (Å²) in [6.45, 7) is 4.29. The lowest BCUT2D eigenvalue weighted by Crippen LogP contribution is -2.34. The third kappa shape index (κ3) is 6.11. The molecule has 232 valence electrons. The van der Waals surface area contributed by atoms with E-state index >= 15 is 0 Å². The highest BCUT2D eigenvalue weighted by Gasteiger charge is 2.43. The molecule has 2 aliphatic heterocycles. The predicted octanol–water partition coefficient (Wildman–Crippen LogP) is 6.89. The number of hydrogen-bond acceptors (Lipinski definition) is 7. The van der Waals surface area contributed by atoms with Crippen LogP contribution in [0.25, 0.3) is 11.4 Å². The molecular weight excluding hydrogens is 602 g/mol. The van der Waals surface area contributed by atoms with Gasteiger partial charge in [0, 0.05) is 42.9 Å². The first-order valence-electron chi connectivity index (χ1n) is 14.2. The van der Waals surface area contributed by atoms with Crippen LogP contribution in [0, 0.1) is 5.82 Å². The van der Waals surface area contributed by atoms with Crippen molar-refractivity contribution in [1.82, 2.24) is 25.1 Å². The van der Waals surface area contributed by atoms with Gasteiger partial charge >= 0.3 is 6.18 Å². The number of ether oxygens (including phenoxy) is 3. The summed E-state index contributed by atoms with van der Waals surface area (Å²) in [5.41, 5.74) is 3.38. The summed E-state index contributed by atoms with van der Waals surface area (Å²) in [5.74, 6) is -1.62. The van der Waals surface area contributed by atoms with Gasteiger partial charge in [-0.3, -0.25) is 15.0 Å². The molecule has 0 spiro atoms. The van der Waals surface area contributed by atoms with Crippen LogP contribution in [0.3, 0.4) is 0 Å². The number of para-hydroxylation sites is 1. The molecule has 13 heteroatoms. The number of nitrogens with one attached hydrogen (secondary N) is 1. The molecule has 4 heterocycles. The molecule has 2 aliphatic rings. The quantitative estimate of drug-likeness (QED) is 0.212. The molecule has 0 amide bonds. The zero-order chi connectivity index (χ0) is 31.1. The Morgan fingerprint density at radius 3 is 2.64 bits per heavy atom. The Balaban J connectivity index is 1.15. The molecular formula is C31H30ClF4N5O3. The maximum atomic E-state index is 14.8. The lowest BCUT2D eigenvalue weighted by atomic mass is 9.88. The van der Waals surface area contributed by atoms with Crippen molar-refractivity contribution in [3.05, 3.63) is 87.7 Å². The van der Waals surface area contributed by atoms with Crippen LogP contribution >= 0.6 is 11.6 Å². The Labute approximate surface area is 256 Å². The second-order valence-electron chi connectivity index (χ2n) is 11.1. The molecule has 4 aromatic rings. The minimum Gasteiger partial charge on any atom is -0.444 e. The monoisotopic (exact) mass is 631 g/mol. The van der Waals surface area contributed by atoms with Gasteiger partial charge in [0.05, 0.1) is 17.9 Å². The maximum Gasteiger partial charge on any atom is 0.451 e. The summed E-state index contributed by atoms with van der Waals surface area (Å²) in [6.07, 6.45) is -0.854. The summed E-state index contributed by atoms with van der Waals surface area (Å²) in [4.78, 5) is 10.5. The topological polar surface area (TPSA) is 85.4 Å². The SMILES string of the molecule is COCCc1cc(-c2n[nH]c(C(F)(F)F)n2)cnc1CN1CCC(c2cccc3c2O[C@@](C)(c2ccc(Cl)cc2F)O3)CC1. The highest BCUT2D eigenvalue weighted by Crippen LogP contribution is 2.50. The van der Waals surface area contributed by atoms with Gasteiger partial charge in [-0.05, 0) is 74.2 Å². The van der Waals surface area contributed by atoms with Crippen LogP contribution in [0.5, 0.6) is 11.5 Å². The maximum absolute atomic E-state index is 14.8. The molecule has 0 radical (unpaired) electrons. The first-order chi connectivity index (χ1) is 21.0. The summed E-state index contributed by atoms with van der Waals surface area (Å²) >= 11 is 5.95. The van der Waals surface area contributed by atoms with Gasteiger partial charge in [-0.1, -0.05) is 23.7 Å². The third-order valence-corrected chi connectivity index (χ3v) is 8.31. The van der Waals surface area contributed by atoms with Crippen LogP contribution in [-0.2, 0) is 29.7 Å². The molecule has 2 aromatic carbocycles. The van der Waals surface area contributed by atoms with Crippen LogP contribution in [-0.4, -0.2) is 51.9 Å². The number of aromatic nitrogens is 4. The minimum absolute atomic E-state index is 0.0626. The van der Waals surface area contributed by atoms with Crippen molar-refractivity contribution >= 4 is 11.6 Å². The first-order valence-corrected chi connectivity index (χ1v) is 14.6. The van der Waals surface area contributed by atoms with Crippen molar-refractivity contribution in [2.75, 3.05) is 26.8 Å². The number of rotatable bonds is 8. The number of hydrogen-bond donors (Lipinski definition) is 1. The number of pyridine rings is 1. The standard InChI is InChI=1S/C31H30ClF4N5O3/c1-30(23-7-6-21(32)15-24(23)33)43-26-5-3-4-22(27(26)44-30)18-8-11-41(12-9-18)17-25-19(10-13-42-2)14-20(16-37-25)28-38-29(40-39-28)31(34,35)36/h3-7,14-16,18H,8-13,17H2,1-2H3,(H,38,39,40)/t30-/m0/s1. The number of piperidine rings is 1. The van der Waals surface area contributed by atoms with Gasteiger partial charge in [-0.15, -0.1) is 0 Å². The Morgan fingerprint density at radius 1 is 1.14 bits per heavy atom. The number of benzene rings is 2. The van der Waals surface area contributed by atoms with E-state index in [4.69, 9.17) is 25.8 Å². The van der Waals surface area contributed by atoms with E-state index in [0.29, 0.717) is 41.7 Å². The molecule has 1 atom stereocenters. The Morgan fingerprint density at radius 2 is 1.93 bits per heavy atom. The van der Waals surface area contributed by atoms with Crippen molar-refractivity contribution in [3.63, 3.8) is 0 Å². The summed E-state index contributed by atoms with van der Waals surface area (Å²) < 4.78 is 71.6. The van der Waals surface area contributed by atoms with E-state index in [-0.39, 0.29) is 17.3 Å². The second kappa shape index (κ2) is 12.0. The molecule has 6 rings (SSSR count).